The second-order valence-electron chi connectivity index (χ2n) is 5.77. The van der Waals surface area contributed by atoms with E-state index in [-0.39, 0.29) is 11.8 Å². The maximum atomic E-state index is 12.5. The summed E-state index contributed by atoms with van der Waals surface area (Å²) in [6.07, 6.45) is 1.27. The van der Waals surface area contributed by atoms with Crippen molar-refractivity contribution in [2.24, 2.45) is 5.92 Å². The van der Waals surface area contributed by atoms with Crippen LogP contribution in [0.25, 0.3) is 0 Å². The largest absolute Gasteiger partial charge is 0.383 e. The summed E-state index contributed by atoms with van der Waals surface area (Å²) in [7, 11) is 1.60. The summed E-state index contributed by atoms with van der Waals surface area (Å²) in [5, 5.41) is 2.87. The van der Waals surface area contributed by atoms with Crippen molar-refractivity contribution in [3.05, 3.63) is 0 Å². The van der Waals surface area contributed by atoms with Crippen LogP contribution in [-0.4, -0.2) is 48.6 Å². The first-order valence-corrected chi connectivity index (χ1v) is 6.98. The number of rotatable bonds is 6. The Morgan fingerprint density at radius 3 is 2.53 bits per heavy atom. The molecule has 0 aliphatic carbocycles. The fourth-order valence-corrected chi connectivity index (χ4v) is 2.45. The monoisotopic (exact) mass is 270 g/mol. The second kappa shape index (κ2) is 6.37. The summed E-state index contributed by atoms with van der Waals surface area (Å²) in [6.45, 7) is 8.75. The lowest BCUT2D eigenvalue weighted by atomic mass is 9.88. The minimum atomic E-state index is -0.761. The third kappa shape index (κ3) is 3.26. The molecule has 110 valence electrons. The first kappa shape index (κ1) is 16.0. The highest BCUT2D eigenvalue weighted by molar-refractivity contribution is 5.99. The van der Waals surface area contributed by atoms with Gasteiger partial charge in [-0.2, -0.15) is 0 Å². The molecular formula is C14H26N2O3. The molecule has 2 unspecified atom stereocenters. The zero-order chi connectivity index (χ0) is 14.6. The van der Waals surface area contributed by atoms with E-state index in [9.17, 15) is 9.59 Å². The van der Waals surface area contributed by atoms with Crippen LogP contribution in [0.2, 0.25) is 0 Å². The minimum Gasteiger partial charge on any atom is -0.383 e. The molecule has 19 heavy (non-hydrogen) atoms. The Hall–Kier alpha value is -1.10. The lowest BCUT2D eigenvalue weighted by Crippen LogP contribution is -2.69. The Morgan fingerprint density at radius 2 is 2.05 bits per heavy atom. The normalized spacial score (nSPS) is 27.9. The SMILES string of the molecule is CCC1(C)C(=O)NC(CC(C)C)C(=O)N1CCOC. The van der Waals surface area contributed by atoms with E-state index < -0.39 is 11.6 Å². The van der Waals surface area contributed by atoms with Gasteiger partial charge in [-0.25, -0.2) is 0 Å². The average Bonchev–Trinajstić information content (AvgIpc) is 2.35. The van der Waals surface area contributed by atoms with Crippen LogP contribution in [-0.2, 0) is 14.3 Å². The van der Waals surface area contributed by atoms with Crippen molar-refractivity contribution in [1.82, 2.24) is 10.2 Å². The van der Waals surface area contributed by atoms with E-state index in [2.05, 4.69) is 5.32 Å². The zero-order valence-electron chi connectivity index (χ0n) is 12.7. The molecule has 1 saturated heterocycles. The summed E-state index contributed by atoms with van der Waals surface area (Å²) in [5.74, 6) is 0.315. The summed E-state index contributed by atoms with van der Waals surface area (Å²) >= 11 is 0. The van der Waals surface area contributed by atoms with E-state index in [1.54, 1.807) is 12.0 Å². The van der Waals surface area contributed by atoms with Crippen LogP contribution in [0.5, 0.6) is 0 Å². The van der Waals surface area contributed by atoms with Gasteiger partial charge in [-0.15, -0.1) is 0 Å². The molecule has 0 radical (unpaired) electrons. The maximum absolute atomic E-state index is 12.5. The predicted molar refractivity (Wildman–Crippen MR) is 73.7 cm³/mol. The molecule has 0 saturated carbocycles. The molecule has 0 aromatic carbocycles. The molecule has 1 rings (SSSR count). The molecule has 0 aromatic rings. The van der Waals surface area contributed by atoms with Gasteiger partial charge in [0.05, 0.1) is 6.61 Å². The van der Waals surface area contributed by atoms with Crippen molar-refractivity contribution in [3.8, 4) is 0 Å². The van der Waals surface area contributed by atoms with Gasteiger partial charge in [0.2, 0.25) is 11.8 Å². The number of carbonyl (C=O) groups is 2. The Morgan fingerprint density at radius 1 is 1.42 bits per heavy atom. The molecule has 2 atom stereocenters. The molecular weight excluding hydrogens is 244 g/mol. The van der Waals surface area contributed by atoms with Crippen molar-refractivity contribution in [2.75, 3.05) is 20.3 Å². The van der Waals surface area contributed by atoms with Crippen LogP contribution >= 0.6 is 0 Å². The first-order chi connectivity index (χ1) is 8.86. The molecule has 1 heterocycles. The third-order valence-corrected chi connectivity index (χ3v) is 3.87. The lowest BCUT2D eigenvalue weighted by molar-refractivity contribution is -0.158. The molecule has 5 nitrogen and oxygen atoms in total. The number of nitrogens with zero attached hydrogens (tertiary/aromatic N) is 1. The zero-order valence-corrected chi connectivity index (χ0v) is 12.7. The summed E-state index contributed by atoms with van der Waals surface area (Å²) in [4.78, 5) is 26.5. The Labute approximate surface area is 115 Å². The molecule has 0 spiro atoms. The smallest absolute Gasteiger partial charge is 0.246 e. The van der Waals surface area contributed by atoms with Gasteiger partial charge >= 0.3 is 0 Å². The number of ether oxygens (including phenoxy) is 1. The van der Waals surface area contributed by atoms with Crippen LogP contribution in [0.1, 0.15) is 40.5 Å². The maximum Gasteiger partial charge on any atom is 0.246 e. The number of methoxy groups -OCH3 is 1. The van der Waals surface area contributed by atoms with E-state index in [1.165, 1.54) is 0 Å². The van der Waals surface area contributed by atoms with Gasteiger partial charge < -0.3 is 15.0 Å². The number of carbonyl (C=O) groups excluding carboxylic acids is 2. The van der Waals surface area contributed by atoms with Gasteiger partial charge in [-0.05, 0) is 25.7 Å². The van der Waals surface area contributed by atoms with Gasteiger partial charge in [0.15, 0.2) is 0 Å². The fraction of sp³-hybridized carbons (Fsp3) is 0.857. The Bertz CT molecular complexity index is 344. The quantitative estimate of drug-likeness (QED) is 0.788. The molecule has 1 N–H and O–H groups in total. The lowest BCUT2D eigenvalue weighted by Gasteiger charge is -2.46. The van der Waals surface area contributed by atoms with Crippen molar-refractivity contribution < 1.29 is 14.3 Å². The van der Waals surface area contributed by atoms with Crippen molar-refractivity contribution in [1.29, 1.82) is 0 Å². The average molecular weight is 270 g/mol. The second-order valence-corrected chi connectivity index (χ2v) is 5.77. The van der Waals surface area contributed by atoms with E-state index in [4.69, 9.17) is 4.74 Å². The topological polar surface area (TPSA) is 58.6 Å². The van der Waals surface area contributed by atoms with Gasteiger partial charge in [-0.1, -0.05) is 20.8 Å². The van der Waals surface area contributed by atoms with E-state index in [0.29, 0.717) is 31.9 Å². The highest BCUT2D eigenvalue weighted by Gasteiger charge is 2.47. The van der Waals surface area contributed by atoms with E-state index in [0.717, 1.165) is 0 Å². The highest BCUT2D eigenvalue weighted by Crippen LogP contribution is 2.26. The molecule has 5 heteroatoms. The molecule has 1 fully saturated rings. The first-order valence-electron chi connectivity index (χ1n) is 6.98. The van der Waals surface area contributed by atoms with Crippen molar-refractivity contribution in [3.63, 3.8) is 0 Å². The standard InChI is InChI=1S/C14H26N2O3/c1-6-14(4)13(18)15-11(9-10(2)3)12(17)16(14)7-8-19-5/h10-11H,6-9H2,1-5H3,(H,15,18). The number of hydrogen-bond acceptors (Lipinski definition) is 3. The number of hydrogen-bond donors (Lipinski definition) is 1. The fourth-order valence-electron chi connectivity index (χ4n) is 2.45. The molecule has 0 bridgehead atoms. The summed E-state index contributed by atoms with van der Waals surface area (Å²) in [5.41, 5.74) is -0.761. The minimum absolute atomic E-state index is 0.00898. The van der Waals surface area contributed by atoms with Crippen molar-refractivity contribution in [2.45, 2.75) is 52.1 Å². The molecule has 0 aromatic heterocycles. The van der Waals surface area contributed by atoms with Crippen LogP contribution < -0.4 is 5.32 Å². The number of nitrogens with one attached hydrogen (secondary N) is 1. The Balaban J connectivity index is 2.95. The third-order valence-electron chi connectivity index (χ3n) is 3.87. The highest BCUT2D eigenvalue weighted by atomic mass is 16.5. The van der Waals surface area contributed by atoms with E-state index >= 15 is 0 Å². The van der Waals surface area contributed by atoms with Crippen LogP contribution in [0.4, 0.5) is 0 Å². The number of amides is 2. The van der Waals surface area contributed by atoms with Crippen molar-refractivity contribution >= 4 is 11.8 Å². The van der Waals surface area contributed by atoms with Crippen LogP contribution in [0.15, 0.2) is 0 Å². The van der Waals surface area contributed by atoms with Gasteiger partial charge in [0, 0.05) is 13.7 Å². The predicted octanol–water partition coefficient (Wildman–Crippen LogP) is 1.17. The van der Waals surface area contributed by atoms with Crippen LogP contribution in [0.3, 0.4) is 0 Å². The molecule has 1 aliphatic heterocycles. The van der Waals surface area contributed by atoms with Crippen LogP contribution in [0, 0.1) is 5.92 Å². The van der Waals surface area contributed by atoms with E-state index in [1.807, 2.05) is 27.7 Å². The van der Waals surface area contributed by atoms with Gasteiger partial charge in [-0.3, -0.25) is 9.59 Å². The summed E-state index contributed by atoms with van der Waals surface area (Å²) in [6, 6.07) is -0.399. The summed E-state index contributed by atoms with van der Waals surface area (Å²) < 4.78 is 5.06. The van der Waals surface area contributed by atoms with Gasteiger partial charge in [0.1, 0.15) is 11.6 Å². The van der Waals surface area contributed by atoms with Gasteiger partial charge in [0.25, 0.3) is 0 Å². The number of piperazine rings is 1. The molecule has 2 amide bonds. The Kier molecular flexibility index (Phi) is 5.35. The molecule has 1 aliphatic rings.